The quantitative estimate of drug-likeness (QED) is 0.667. The van der Waals surface area contributed by atoms with E-state index in [1.807, 2.05) is 78.9 Å². The topological polar surface area (TPSA) is 64.3 Å². The van der Waals surface area contributed by atoms with Crippen molar-refractivity contribution in [1.29, 1.82) is 0 Å². The van der Waals surface area contributed by atoms with Gasteiger partial charge in [0.1, 0.15) is 6.61 Å². The van der Waals surface area contributed by atoms with Crippen LogP contribution in [0.15, 0.2) is 78.9 Å². The SMILES string of the molecule is Cl.NCc1ccc(-c2cccc(NC(=O)OCc3ccccc3)c2)cc1. The number of benzene rings is 3. The monoisotopic (exact) mass is 368 g/mol. The number of nitrogens with two attached hydrogens (primary N) is 1. The zero-order valence-corrected chi connectivity index (χ0v) is 15.0. The molecule has 0 aromatic heterocycles. The van der Waals surface area contributed by atoms with Crippen LogP contribution in [0.2, 0.25) is 0 Å². The number of nitrogens with one attached hydrogen (secondary N) is 1. The molecule has 0 fully saturated rings. The summed E-state index contributed by atoms with van der Waals surface area (Å²) in [5.41, 5.74) is 10.4. The fourth-order valence-electron chi connectivity index (χ4n) is 2.49. The summed E-state index contributed by atoms with van der Waals surface area (Å²) in [6.45, 7) is 0.766. The van der Waals surface area contributed by atoms with Crippen LogP contribution in [0.4, 0.5) is 10.5 Å². The van der Waals surface area contributed by atoms with Gasteiger partial charge in [0.25, 0.3) is 0 Å². The van der Waals surface area contributed by atoms with Crippen LogP contribution in [0.25, 0.3) is 11.1 Å². The van der Waals surface area contributed by atoms with Gasteiger partial charge in [0.2, 0.25) is 0 Å². The van der Waals surface area contributed by atoms with Gasteiger partial charge in [-0.25, -0.2) is 4.79 Å². The number of halogens is 1. The molecule has 3 aromatic carbocycles. The number of anilines is 1. The third-order valence-corrected chi connectivity index (χ3v) is 3.84. The van der Waals surface area contributed by atoms with Gasteiger partial charge in [-0.15, -0.1) is 12.4 Å². The number of carbonyl (C=O) groups excluding carboxylic acids is 1. The van der Waals surface area contributed by atoms with E-state index < -0.39 is 6.09 Å². The first-order valence-corrected chi connectivity index (χ1v) is 8.12. The first-order valence-electron chi connectivity index (χ1n) is 8.12. The molecule has 134 valence electrons. The Morgan fingerprint density at radius 2 is 1.58 bits per heavy atom. The number of carbonyl (C=O) groups is 1. The van der Waals surface area contributed by atoms with Crippen LogP contribution in [0.1, 0.15) is 11.1 Å². The second kappa shape index (κ2) is 9.61. The van der Waals surface area contributed by atoms with Crippen molar-refractivity contribution in [2.45, 2.75) is 13.2 Å². The van der Waals surface area contributed by atoms with E-state index in [9.17, 15) is 4.79 Å². The summed E-state index contributed by atoms with van der Waals surface area (Å²) in [5, 5.41) is 2.76. The van der Waals surface area contributed by atoms with Gasteiger partial charge in [-0.2, -0.15) is 0 Å². The average Bonchev–Trinajstić information content (AvgIpc) is 2.67. The predicted octanol–water partition coefficient (Wildman–Crippen LogP) is 4.98. The van der Waals surface area contributed by atoms with Crippen LogP contribution in [0.3, 0.4) is 0 Å². The molecular weight excluding hydrogens is 348 g/mol. The van der Waals surface area contributed by atoms with Gasteiger partial charge in [0, 0.05) is 12.2 Å². The van der Waals surface area contributed by atoms with E-state index in [0.717, 1.165) is 22.3 Å². The molecule has 0 heterocycles. The van der Waals surface area contributed by atoms with Gasteiger partial charge in [-0.1, -0.05) is 66.7 Å². The van der Waals surface area contributed by atoms with Crippen LogP contribution in [-0.4, -0.2) is 6.09 Å². The lowest BCUT2D eigenvalue weighted by Crippen LogP contribution is -2.13. The molecule has 0 bridgehead atoms. The molecule has 0 aliphatic heterocycles. The van der Waals surface area contributed by atoms with Crippen LogP contribution in [-0.2, 0) is 17.9 Å². The molecule has 0 atom stereocenters. The molecule has 3 rings (SSSR count). The molecule has 5 heteroatoms. The summed E-state index contributed by atoms with van der Waals surface area (Å²) in [5.74, 6) is 0. The average molecular weight is 369 g/mol. The zero-order chi connectivity index (χ0) is 17.5. The molecule has 3 aromatic rings. The molecule has 0 unspecified atom stereocenters. The number of hydrogen-bond donors (Lipinski definition) is 2. The largest absolute Gasteiger partial charge is 0.444 e. The van der Waals surface area contributed by atoms with Crippen molar-refractivity contribution in [2.24, 2.45) is 5.73 Å². The summed E-state index contributed by atoms with van der Waals surface area (Å²) in [4.78, 5) is 12.0. The fraction of sp³-hybridized carbons (Fsp3) is 0.0952. The lowest BCUT2D eigenvalue weighted by Gasteiger charge is -2.09. The van der Waals surface area contributed by atoms with Crippen LogP contribution in [0.5, 0.6) is 0 Å². The maximum Gasteiger partial charge on any atom is 0.411 e. The molecule has 0 saturated heterocycles. The Balaban J connectivity index is 0.00000243. The molecule has 0 spiro atoms. The first kappa shape index (κ1) is 19.5. The second-order valence-electron chi connectivity index (χ2n) is 5.67. The highest BCUT2D eigenvalue weighted by Gasteiger charge is 2.05. The molecular formula is C21H21ClN2O2. The van der Waals surface area contributed by atoms with Crippen LogP contribution < -0.4 is 11.1 Å². The van der Waals surface area contributed by atoms with Gasteiger partial charge in [-0.3, -0.25) is 5.32 Å². The van der Waals surface area contributed by atoms with Crippen LogP contribution in [0, 0.1) is 0 Å². The molecule has 26 heavy (non-hydrogen) atoms. The van der Waals surface area contributed by atoms with E-state index in [-0.39, 0.29) is 19.0 Å². The summed E-state index contributed by atoms with van der Waals surface area (Å²) >= 11 is 0. The van der Waals surface area contributed by atoms with Crippen molar-refractivity contribution < 1.29 is 9.53 Å². The maximum absolute atomic E-state index is 12.0. The molecule has 3 N–H and O–H groups in total. The number of rotatable bonds is 5. The van der Waals surface area contributed by atoms with E-state index in [1.165, 1.54) is 0 Å². The van der Waals surface area contributed by atoms with Crippen molar-refractivity contribution in [3.8, 4) is 11.1 Å². The van der Waals surface area contributed by atoms with Crippen molar-refractivity contribution in [3.05, 3.63) is 90.0 Å². The second-order valence-corrected chi connectivity index (χ2v) is 5.67. The Hall–Kier alpha value is -2.82. The minimum Gasteiger partial charge on any atom is -0.444 e. The Morgan fingerprint density at radius 3 is 2.27 bits per heavy atom. The fourth-order valence-corrected chi connectivity index (χ4v) is 2.49. The molecule has 0 saturated carbocycles. The van der Waals surface area contributed by atoms with Crippen LogP contribution >= 0.6 is 12.4 Å². The zero-order valence-electron chi connectivity index (χ0n) is 14.2. The Bertz CT molecular complexity index is 836. The highest BCUT2D eigenvalue weighted by Crippen LogP contribution is 2.23. The van der Waals surface area contributed by atoms with Gasteiger partial charge in [0.05, 0.1) is 0 Å². The minimum atomic E-state index is -0.473. The van der Waals surface area contributed by atoms with E-state index in [2.05, 4.69) is 5.32 Å². The van der Waals surface area contributed by atoms with Gasteiger partial charge < -0.3 is 10.5 Å². The normalized spacial score (nSPS) is 9.88. The summed E-state index contributed by atoms with van der Waals surface area (Å²) in [6, 6.07) is 25.3. The van der Waals surface area contributed by atoms with Gasteiger partial charge in [-0.05, 0) is 34.4 Å². The summed E-state index contributed by atoms with van der Waals surface area (Å²) in [7, 11) is 0. The standard InChI is InChI=1S/C21H20N2O2.ClH/c22-14-16-9-11-18(12-10-16)19-7-4-8-20(13-19)23-21(24)25-15-17-5-2-1-3-6-17;/h1-13H,14-15,22H2,(H,23,24);1H. The highest BCUT2D eigenvalue weighted by molar-refractivity contribution is 5.86. The van der Waals surface area contributed by atoms with E-state index in [1.54, 1.807) is 0 Å². The van der Waals surface area contributed by atoms with E-state index in [0.29, 0.717) is 12.2 Å². The summed E-state index contributed by atoms with van der Waals surface area (Å²) < 4.78 is 5.24. The van der Waals surface area contributed by atoms with Crippen molar-refractivity contribution in [1.82, 2.24) is 0 Å². The number of amides is 1. The molecule has 0 aliphatic carbocycles. The third kappa shape index (κ3) is 5.34. The molecule has 4 nitrogen and oxygen atoms in total. The third-order valence-electron chi connectivity index (χ3n) is 3.84. The Labute approximate surface area is 159 Å². The molecule has 0 radical (unpaired) electrons. The highest BCUT2D eigenvalue weighted by atomic mass is 35.5. The number of hydrogen-bond acceptors (Lipinski definition) is 3. The lowest BCUT2D eigenvalue weighted by molar-refractivity contribution is 0.155. The minimum absolute atomic E-state index is 0. The molecule has 0 aliphatic rings. The van der Waals surface area contributed by atoms with Gasteiger partial charge in [0.15, 0.2) is 0 Å². The summed E-state index contributed by atoms with van der Waals surface area (Å²) in [6.07, 6.45) is -0.473. The van der Waals surface area contributed by atoms with Crippen molar-refractivity contribution >= 4 is 24.2 Å². The van der Waals surface area contributed by atoms with Crippen molar-refractivity contribution in [3.63, 3.8) is 0 Å². The smallest absolute Gasteiger partial charge is 0.411 e. The number of ether oxygens (including phenoxy) is 1. The van der Waals surface area contributed by atoms with Crippen molar-refractivity contribution in [2.75, 3.05) is 5.32 Å². The maximum atomic E-state index is 12.0. The van der Waals surface area contributed by atoms with Gasteiger partial charge >= 0.3 is 6.09 Å². The van der Waals surface area contributed by atoms with E-state index in [4.69, 9.17) is 10.5 Å². The predicted molar refractivity (Wildman–Crippen MR) is 107 cm³/mol. The lowest BCUT2D eigenvalue weighted by atomic mass is 10.0. The first-order chi connectivity index (χ1) is 12.2. The Kier molecular flexibility index (Phi) is 7.21. The van der Waals surface area contributed by atoms with E-state index >= 15 is 0 Å². The Morgan fingerprint density at radius 1 is 0.846 bits per heavy atom. The molecule has 1 amide bonds.